The Bertz CT molecular complexity index is 395. The molecule has 0 aliphatic heterocycles. The topological polar surface area (TPSA) is 55.8 Å². The van der Waals surface area contributed by atoms with Gasteiger partial charge in [-0.05, 0) is 30.7 Å². The molecule has 4 nitrogen and oxygen atoms in total. The maximum Gasteiger partial charge on any atom is 0.152 e. The standard InChI is InChI=1S/C14H18O4/c1-11(15)3-6-13(16)10-18-9-12-4-7-14(17-2)8-5-12/h3-8,13,16H,9-10H2,1-2H3/b6-3+. The van der Waals surface area contributed by atoms with Gasteiger partial charge in [0.1, 0.15) is 5.75 Å². The molecule has 0 saturated heterocycles. The fourth-order valence-corrected chi connectivity index (χ4v) is 1.32. The summed E-state index contributed by atoms with van der Waals surface area (Å²) in [5.74, 6) is 0.701. The van der Waals surface area contributed by atoms with Crippen molar-refractivity contribution in [2.24, 2.45) is 0 Å². The van der Waals surface area contributed by atoms with Crippen LogP contribution < -0.4 is 4.74 Å². The number of hydrogen-bond donors (Lipinski definition) is 1. The zero-order valence-electron chi connectivity index (χ0n) is 10.6. The molecule has 1 N–H and O–H groups in total. The average Bonchev–Trinajstić information content (AvgIpc) is 2.37. The van der Waals surface area contributed by atoms with Gasteiger partial charge in [0, 0.05) is 0 Å². The Balaban J connectivity index is 2.30. The van der Waals surface area contributed by atoms with Crippen molar-refractivity contribution in [2.45, 2.75) is 19.6 Å². The summed E-state index contributed by atoms with van der Waals surface area (Å²) in [6.45, 7) is 2.01. The van der Waals surface area contributed by atoms with Crippen LogP contribution in [0.15, 0.2) is 36.4 Å². The largest absolute Gasteiger partial charge is 0.497 e. The molecule has 1 rings (SSSR count). The van der Waals surface area contributed by atoms with Crippen molar-refractivity contribution < 1.29 is 19.4 Å². The summed E-state index contributed by atoms with van der Waals surface area (Å²) in [5.41, 5.74) is 0.999. The number of aliphatic hydroxyl groups is 1. The number of ketones is 1. The number of carbonyl (C=O) groups is 1. The molecule has 0 saturated carbocycles. The van der Waals surface area contributed by atoms with Gasteiger partial charge in [0.15, 0.2) is 5.78 Å². The van der Waals surface area contributed by atoms with Crippen LogP contribution in [0.3, 0.4) is 0 Å². The minimum absolute atomic E-state index is 0.0933. The molecule has 0 radical (unpaired) electrons. The van der Waals surface area contributed by atoms with E-state index in [9.17, 15) is 9.90 Å². The second-order valence-electron chi connectivity index (χ2n) is 3.90. The third-order valence-corrected chi connectivity index (χ3v) is 2.27. The molecule has 98 valence electrons. The van der Waals surface area contributed by atoms with E-state index in [2.05, 4.69) is 0 Å². The first kappa shape index (κ1) is 14.4. The molecular formula is C14H18O4. The maximum absolute atomic E-state index is 10.7. The normalized spacial score (nSPS) is 12.6. The van der Waals surface area contributed by atoms with Crippen molar-refractivity contribution in [3.8, 4) is 5.75 Å². The van der Waals surface area contributed by atoms with E-state index in [1.54, 1.807) is 7.11 Å². The van der Waals surface area contributed by atoms with E-state index < -0.39 is 6.10 Å². The van der Waals surface area contributed by atoms with Gasteiger partial charge in [0.25, 0.3) is 0 Å². The van der Waals surface area contributed by atoms with Crippen LogP contribution in [0.4, 0.5) is 0 Å². The highest BCUT2D eigenvalue weighted by Crippen LogP contribution is 2.11. The molecule has 4 heteroatoms. The molecule has 1 atom stereocenters. The SMILES string of the molecule is COc1ccc(COCC(O)/C=C/C(C)=O)cc1. The summed E-state index contributed by atoms with van der Waals surface area (Å²) in [6, 6.07) is 7.50. The highest BCUT2D eigenvalue weighted by Gasteiger charge is 2.00. The van der Waals surface area contributed by atoms with Crippen LogP contribution in [0.25, 0.3) is 0 Å². The van der Waals surface area contributed by atoms with Crippen LogP contribution >= 0.6 is 0 Å². The van der Waals surface area contributed by atoms with E-state index in [4.69, 9.17) is 9.47 Å². The van der Waals surface area contributed by atoms with Gasteiger partial charge in [-0.25, -0.2) is 0 Å². The van der Waals surface area contributed by atoms with E-state index in [1.165, 1.54) is 19.1 Å². The molecule has 18 heavy (non-hydrogen) atoms. The Labute approximate surface area is 107 Å². The number of hydrogen-bond acceptors (Lipinski definition) is 4. The molecule has 0 aliphatic rings. The average molecular weight is 250 g/mol. The molecule has 1 aromatic carbocycles. The summed E-state index contributed by atoms with van der Waals surface area (Å²) < 4.78 is 10.4. The number of rotatable bonds is 7. The molecule has 0 aliphatic carbocycles. The molecule has 0 fully saturated rings. The van der Waals surface area contributed by atoms with E-state index in [0.29, 0.717) is 6.61 Å². The first-order chi connectivity index (χ1) is 8.61. The van der Waals surface area contributed by atoms with Crippen molar-refractivity contribution in [1.29, 1.82) is 0 Å². The lowest BCUT2D eigenvalue weighted by molar-refractivity contribution is -0.112. The molecule has 0 heterocycles. The molecule has 0 bridgehead atoms. The van der Waals surface area contributed by atoms with Crippen molar-refractivity contribution in [3.63, 3.8) is 0 Å². The maximum atomic E-state index is 10.7. The molecular weight excluding hydrogens is 232 g/mol. The fraction of sp³-hybridized carbons (Fsp3) is 0.357. The number of carbonyl (C=O) groups excluding carboxylic acids is 1. The first-order valence-electron chi connectivity index (χ1n) is 5.69. The Hall–Kier alpha value is -1.65. The highest BCUT2D eigenvalue weighted by atomic mass is 16.5. The van der Waals surface area contributed by atoms with Crippen molar-refractivity contribution >= 4 is 5.78 Å². The van der Waals surface area contributed by atoms with Crippen LogP contribution in [-0.2, 0) is 16.1 Å². The number of methoxy groups -OCH3 is 1. The fourth-order valence-electron chi connectivity index (χ4n) is 1.32. The number of ether oxygens (including phenoxy) is 2. The van der Waals surface area contributed by atoms with Gasteiger partial charge >= 0.3 is 0 Å². The van der Waals surface area contributed by atoms with Gasteiger partial charge in [0.2, 0.25) is 0 Å². The minimum atomic E-state index is -0.757. The zero-order valence-corrected chi connectivity index (χ0v) is 10.6. The van der Waals surface area contributed by atoms with Crippen LogP contribution in [0.5, 0.6) is 5.75 Å². The highest BCUT2D eigenvalue weighted by molar-refractivity contribution is 5.87. The number of allylic oxidation sites excluding steroid dienone is 1. The van der Waals surface area contributed by atoms with Gasteiger partial charge in [-0.3, -0.25) is 4.79 Å². The van der Waals surface area contributed by atoms with Crippen LogP contribution in [-0.4, -0.2) is 30.7 Å². The smallest absolute Gasteiger partial charge is 0.152 e. The Morgan fingerprint density at radius 2 is 2.06 bits per heavy atom. The van der Waals surface area contributed by atoms with Crippen molar-refractivity contribution in [3.05, 3.63) is 42.0 Å². The number of benzene rings is 1. The van der Waals surface area contributed by atoms with Gasteiger partial charge in [0.05, 0.1) is 26.4 Å². The predicted molar refractivity (Wildman–Crippen MR) is 68.5 cm³/mol. The summed E-state index contributed by atoms with van der Waals surface area (Å²) >= 11 is 0. The van der Waals surface area contributed by atoms with Gasteiger partial charge in [-0.2, -0.15) is 0 Å². The lowest BCUT2D eigenvalue weighted by atomic mass is 10.2. The van der Waals surface area contributed by atoms with Gasteiger partial charge < -0.3 is 14.6 Å². The first-order valence-corrected chi connectivity index (χ1v) is 5.69. The summed E-state index contributed by atoms with van der Waals surface area (Å²) in [5, 5.41) is 9.47. The minimum Gasteiger partial charge on any atom is -0.497 e. The molecule has 0 spiro atoms. The predicted octanol–water partition coefficient (Wildman–Crippen LogP) is 1.72. The molecule has 0 amide bonds. The summed E-state index contributed by atoms with van der Waals surface area (Å²) in [4.78, 5) is 10.7. The van der Waals surface area contributed by atoms with Gasteiger partial charge in [-0.15, -0.1) is 0 Å². The van der Waals surface area contributed by atoms with Crippen LogP contribution in [0.1, 0.15) is 12.5 Å². The Morgan fingerprint density at radius 3 is 2.61 bits per heavy atom. The second-order valence-corrected chi connectivity index (χ2v) is 3.90. The molecule has 1 unspecified atom stereocenters. The third kappa shape index (κ3) is 5.61. The van der Waals surface area contributed by atoms with Gasteiger partial charge in [-0.1, -0.05) is 18.2 Å². The third-order valence-electron chi connectivity index (χ3n) is 2.27. The molecule has 0 aromatic heterocycles. The quantitative estimate of drug-likeness (QED) is 0.749. The van der Waals surface area contributed by atoms with Crippen LogP contribution in [0, 0.1) is 0 Å². The zero-order chi connectivity index (χ0) is 13.4. The second kappa shape index (κ2) is 7.63. The van der Waals surface area contributed by atoms with E-state index in [-0.39, 0.29) is 12.4 Å². The van der Waals surface area contributed by atoms with Crippen molar-refractivity contribution in [1.82, 2.24) is 0 Å². The van der Waals surface area contributed by atoms with E-state index >= 15 is 0 Å². The lowest BCUT2D eigenvalue weighted by Gasteiger charge is -2.07. The van der Waals surface area contributed by atoms with Crippen molar-refractivity contribution in [2.75, 3.05) is 13.7 Å². The lowest BCUT2D eigenvalue weighted by Crippen LogP contribution is -2.12. The van der Waals surface area contributed by atoms with E-state index in [1.807, 2.05) is 24.3 Å². The Kier molecular flexibility index (Phi) is 6.11. The number of aliphatic hydroxyl groups excluding tert-OH is 1. The molecule has 1 aromatic rings. The van der Waals surface area contributed by atoms with E-state index in [0.717, 1.165) is 11.3 Å². The van der Waals surface area contributed by atoms with Crippen LogP contribution in [0.2, 0.25) is 0 Å². The summed E-state index contributed by atoms with van der Waals surface area (Å²) in [7, 11) is 1.61. The summed E-state index contributed by atoms with van der Waals surface area (Å²) in [6.07, 6.45) is 2.00. The monoisotopic (exact) mass is 250 g/mol. The Morgan fingerprint density at radius 1 is 1.39 bits per heavy atom.